The average Bonchev–Trinajstić information content (AvgIpc) is 3.44. The largest absolute Gasteiger partial charge is 0.494 e. The highest BCUT2D eigenvalue weighted by Crippen LogP contribution is 2.27. The summed E-state index contributed by atoms with van der Waals surface area (Å²) in [6.45, 7) is 4.06. The van der Waals surface area contributed by atoms with Gasteiger partial charge in [0.15, 0.2) is 23.1 Å². The Balaban J connectivity index is 0.000000183. The van der Waals surface area contributed by atoms with Crippen LogP contribution in [0.5, 0.6) is 11.5 Å². The first-order valence-corrected chi connectivity index (χ1v) is 12.3. The maximum Gasteiger partial charge on any atom is 0.165 e. The quantitative estimate of drug-likeness (QED) is 0.212. The molecule has 5 nitrogen and oxygen atoms in total. The van der Waals surface area contributed by atoms with E-state index in [1.807, 2.05) is 73.0 Å². The van der Waals surface area contributed by atoms with Crippen LogP contribution in [-0.2, 0) is 0 Å². The fourth-order valence-electron chi connectivity index (χ4n) is 3.79. The number of nitrogens with zero attached hydrogens (tertiary/aromatic N) is 3. The molecule has 0 aliphatic carbocycles. The summed E-state index contributed by atoms with van der Waals surface area (Å²) in [5, 5.41) is 0. The molecule has 0 N–H and O–H groups in total. The van der Waals surface area contributed by atoms with Gasteiger partial charge in [-0.3, -0.25) is 9.56 Å². The molecule has 7 heteroatoms. The van der Waals surface area contributed by atoms with E-state index in [1.165, 1.54) is 37.5 Å². The Kier molecular flexibility index (Phi) is 8.84. The molecule has 0 radical (unpaired) electrons. The summed E-state index contributed by atoms with van der Waals surface area (Å²) in [5.74, 6) is -0.292. The molecule has 0 aliphatic heterocycles. The molecule has 0 amide bonds. The second-order valence-electron chi connectivity index (χ2n) is 8.82. The van der Waals surface area contributed by atoms with E-state index in [0.717, 1.165) is 22.6 Å². The lowest BCUT2D eigenvalue weighted by atomic mass is 10.1. The van der Waals surface area contributed by atoms with E-state index in [0.29, 0.717) is 5.56 Å². The van der Waals surface area contributed by atoms with Gasteiger partial charge in [-0.05, 0) is 80.1 Å². The summed E-state index contributed by atoms with van der Waals surface area (Å²) in [6.07, 6.45) is 5.08. The Morgan fingerprint density at radius 3 is 1.92 bits per heavy atom. The first-order valence-electron chi connectivity index (χ1n) is 12.3. The molecule has 0 bridgehead atoms. The van der Waals surface area contributed by atoms with Gasteiger partial charge in [-0.2, -0.15) is 0 Å². The molecule has 39 heavy (non-hydrogen) atoms. The van der Waals surface area contributed by atoms with Crippen molar-refractivity contribution in [2.24, 2.45) is 4.99 Å². The van der Waals surface area contributed by atoms with Crippen molar-refractivity contribution < 1.29 is 18.3 Å². The first kappa shape index (κ1) is 27.3. The van der Waals surface area contributed by atoms with E-state index in [-0.39, 0.29) is 23.1 Å². The molecule has 0 saturated heterocycles. The second kappa shape index (κ2) is 12.6. The van der Waals surface area contributed by atoms with Gasteiger partial charge >= 0.3 is 0 Å². The van der Waals surface area contributed by atoms with Crippen LogP contribution < -0.4 is 9.47 Å². The second-order valence-corrected chi connectivity index (χ2v) is 8.82. The third-order valence-corrected chi connectivity index (χ3v) is 5.97. The van der Waals surface area contributed by atoms with Crippen molar-refractivity contribution in [1.82, 2.24) is 9.55 Å². The zero-order valence-corrected chi connectivity index (χ0v) is 22.2. The fourth-order valence-corrected chi connectivity index (χ4v) is 3.79. The van der Waals surface area contributed by atoms with Crippen LogP contribution in [-0.4, -0.2) is 30.0 Å². The third kappa shape index (κ3) is 6.96. The molecule has 0 saturated carbocycles. The number of hydrogen-bond acceptors (Lipinski definition) is 4. The number of aliphatic imine (C=N–C) groups is 1. The normalized spacial score (nSPS) is 10.7. The Morgan fingerprint density at radius 2 is 1.33 bits per heavy atom. The number of halogens is 2. The molecule has 0 spiro atoms. The fraction of sp³-hybridized carbons (Fsp3) is 0.125. The number of benzene rings is 4. The Hall–Kier alpha value is -4.78. The highest BCUT2D eigenvalue weighted by atomic mass is 19.1. The van der Waals surface area contributed by atoms with Gasteiger partial charge in [0.1, 0.15) is 0 Å². The van der Waals surface area contributed by atoms with Crippen LogP contribution in [0, 0.1) is 25.5 Å². The number of methoxy groups -OCH3 is 2. The van der Waals surface area contributed by atoms with Gasteiger partial charge in [0.2, 0.25) is 0 Å². The highest BCUT2D eigenvalue weighted by Gasteiger charge is 2.10. The van der Waals surface area contributed by atoms with Gasteiger partial charge in [0.05, 0.1) is 38.1 Å². The lowest BCUT2D eigenvalue weighted by Crippen LogP contribution is -1.96. The summed E-state index contributed by atoms with van der Waals surface area (Å²) in [4.78, 5) is 8.46. The third-order valence-electron chi connectivity index (χ3n) is 5.97. The van der Waals surface area contributed by atoms with Crippen molar-refractivity contribution in [3.8, 4) is 28.4 Å². The monoisotopic (exact) mass is 525 g/mol. The lowest BCUT2D eigenvalue weighted by Gasteiger charge is -2.10. The summed E-state index contributed by atoms with van der Waals surface area (Å²) >= 11 is 0. The van der Waals surface area contributed by atoms with Crippen LogP contribution >= 0.6 is 0 Å². The number of imidazole rings is 1. The van der Waals surface area contributed by atoms with Crippen molar-refractivity contribution in [1.29, 1.82) is 0 Å². The predicted molar refractivity (Wildman–Crippen MR) is 152 cm³/mol. The SMILES string of the molecule is COc1ccc(-c2cncn2-c2ccc(C)cc2)cc1F.COc1ccc(C=Nc2ccc(C)cc2)cc1F. The number of aromatic nitrogens is 2. The lowest BCUT2D eigenvalue weighted by molar-refractivity contribution is 0.386. The minimum atomic E-state index is -0.384. The zero-order chi connectivity index (χ0) is 27.8. The average molecular weight is 526 g/mol. The van der Waals surface area contributed by atoms with Crippen LogP contribution in [0.25, 0.3) is 16.9 Å². The maximum absolute atomic E-state index is 13.9. The van der Waals surface area contributed by atoms with E-state index in [4.69, 9.17) is 9.47 Å². The van der Waals surface area contributed by atoms with Gasteiger partial charge in [0, 0.05) is 17.5 Å². The van der Waals surface area contributed by atoms with E-state index in [1.54, 1.807) is 36.9 Å². The topological polar surface area (TPSA) is 48.6 Å². The van der Waals surface area contributed by atoms with E-state index < -0.39 is 0 Å². The van der Waals surface area contributed by atoms with Crippen molar-refractivity contribution in [3.63, 3.8) is 0 Å². The van der Waals surface area contributed by atoms with Gasteiger partial charge < -0.3 is 9.47 Å². The summed E-state index contributed by atoms with van der Waals surface area (Å²) in [5.41, 5.74) is 6.50. The standard InChI is InChI=1S/C17H15FN2O.C15H14FNO/c1-12-3-6-14(7-4-12)20-11-19-10-16(20)13-5-8-17(21-2)15(18)9-13;1-11-3-6-13(7-4-11)17-10-12-5-8-15(18-2)14(16)9-12/h3-11H,1-2H3;3-10H,1-2H3. The summed E-state index contributed by atoms with van der Waals surface area (Å²) in [6, 6.07) is 25.6. The van der Waals surface area contributed by atoms with Crippen molar-refractivity contribution in [2.45, 2.75) is 13.8 Å². The Morgan fingerprint density at radius 1 is 0.744 bits per heavy atom. The molecule has 0 fully saturated rings. The molecule has 4 aromatic carbocycles. The zero-order valence-electron chi connectivity index (χ0n) is 22.2. The van der Waals surface area contributed by atoms with Crippen molar-refractivity contribution in [2.75, 3.05) is 14.2 Å². The van der Waals surface area contributed by atoms with Crippen LogP contribution in [0.15, 0.2) is 102 Å². The number of hydrogen-bond donors (Lipinski definition) is 0. The molecular formula is C32H29F2N3O2. The summed E-state index contributed by atoms with van der Waals surface area (Å²) < 4.78 is 39.1. The van der Waals surface area contributed by atoms with Gasteiger partial charge in [-0.15, -0.1) is 0 Å². The van der Waals surface area contributed by atoms with Crippen LogP contribution in [0.2, 0.25) is 0 Å². The van der Waals surface area contributed by atoms with Gasteiger partial charge in [-0.25, -0.2) is 13.8 Å². The summed E-state index contributed by atoms with van der Waals surface area (Å²) in [7, 11) is 2.90. The first-order chi connectivity index (χ1) is 18.9. The minimum absolute atomic E-state index is 0.236. The molecule has 0 aliphatic rings. The number of rotatable bonds is 6. The molecule has 5 rings (SSSR count). The number of ether oxygens (including phenoxy) is 2. The molecule has 5 aromatic rings. The van der Waals surface area contributed by atoms with E-state index in [9.17, 15) is 8.78 Å². The van der Waals surface area contributed by atoms with Crippen LogP contribution in [0.4, 0.5) is 14.5 Å². The van der Waals surface area contributed by atoms with Crippen LogP contribution in [0.3, 0.4) is 0 Å². The van der Waals surface area contributed by atoms with E-state index in [2.05, 4.69) is 9.98 Å². The van der Waals surface area contributed by atoms with Gasteiger partial charge in [0.25, 0.3) is 0 Å². The number of aryl methyl sites for hydroxylation is 2. The van der Waals surface area contributed by atoms with E-state index >= 15 is 0 Å². The van der Waals surface area contributed by atoms with Crippen LogP contribution in [0.1, 0.15) is 16.7 Å². The van der Waals surface area contributed by atoms with Gasteiger partial charge in [-0.1, -0.05) is 35.4 Å². The predicted octanol–water partition coefficient (Wildman–Crippen LogP) is 7.89. The van der Waals surface area contributed by atoms with Crippen molar-refractivity contribution >= 4 is 11.9 Å². The highest BCUT2D eigenvalue weighted by molar-refractivity contribution is 5.82. The molecular weight excluding hydrogens is 496 g/mol. The van der Waals surface area contributed by atoms with Crippen molar-refractivity contribution in [3.05, 3.63) is 126 Å². The minimum Gasteiger partial charge on any atom is -0.494 e. The Labute approximate surface area is 227 Å². The maximum atomic E-state index is 13.9. The Bertz CT molecular complexity index is 1560. The molecule has 0 atom stereocenters. The molecule has 1 aromatic heterocycles. The molecule has 198 valence electrons. The smallest absolute Gasteiger partial charge is 0.165 e. The molecule has 0 unspecified atom stereocenters. The molecule has 1 heterocycles.